The normalized spacial score (nSPS) is 14.6. The largest absolute Gasteiger partial charge is 0.384 e. The summed E-state index contributed by atoms with van der Waals surface area (Å²) in [5.74, 6) is -0.0204. The Morgan fingerprint density at radius 1 is 1.50 bits per heavy atom. The number of carbonyl (C=O) groups is 1. The van der Waals surface area contributed by atoms with Crippen LogP contribution in [-0.2, 0) is 22.4 Å². The van der Waals surface area contributed by atoms with E-state index in [-0.39, 0.29) is 5.91 Å². The van der Waals surface area contributed by atoms with Crippen LogP contribution in [0, 0.1) is 0 Å². The molecular weight excluding hydrogens is 224 g/mol. The van der Waals surface area contributed by atoms with Crippen LogP contribution in [-0.4, -0.2) is 24.6 Å². The second-order valence-corrected chi connectivity index (χ2v) is 4.97. The highest BCUT2D eigenvalue weighted by atomic mass is 32.1. The van der Waals surface area contributed by atoms with Crippen molar-refractivity contribution in [3.8, 4) is 0 Å². The molecule has 1 amide bonds. The Labute approximate surface area is 99.0 Å². The Morgan fingerprint density at radius 2 is 2.31 bits per heavy atom. The maximum Gasteiger partial charge on any atom is 0.228 e. The molecule has 1 aromatic rings. The number of nitrogens with one attached hydrogen (secondary N) is 1. The number of anilines is 1. The lowest BCUT2D eigenvalue weighted by molar-refractivity contribution is -0.117. The SMILES string of the molecule is COCCC(=O)Nc1nc2c(s1)CCCC2. The molecule has 1 aliphatic carbocycles. The lowest BCUT2D eigenvalue weighted by atomic mass is 10.0. The number of amides is 1. The van der Waals surface area contributed by atoms with Crippen LogP contribution >= 0.6 is 11.3 Å². The van der Waals surface area contributed by atoms with Gasteiger partial charge in [0.1, 0.15) is 0 Å². The average molecular weight is 240 g/mol. The average Bonchev–Trinajstić information content (AvgIpc) is 2.68. The summed E-state index contributed by atoms with van der Waals surface area (Å²) in [6.07, 6.45) is 5.02. The zero-order valence-electron chi connectivity index (χ0n) is 9.41. The van der Waals surface area contributed by atoms with Gasteiger partial charge in [0.05, 0.1) is 18.7 Å². The molecule has 5 heteroatoms. The van der Waals surface area contributed by atoms with Crippen LogP contribution in [0.1, 0.15) is 29.8 Å². The van der Waals surface area contributed by atoms with Crippen LogP contribution < -0.4 is 5.32 Å². The lowest BCUT2D eigenvalue weighted by Crippen LogP contribution is -2.13. The van der Waals surface area contributed by atoms with Crippen LogP contribution in [0.2, 0.25) is 0 Å². The third kappa shape index (κ3) is 2.80. The minimum atomic E-state index is -0.0204. The molecule has 0 aromatic carbocycles. The molecule has 0 radical (unpaired) electrons. The monoisotopic (exact) mass is 240 g/mol. The summed E-state index contributed by atoms with van der Waals surface area (Å²) in [6.45, 7) is 0.455. The molecule has 0 unspecified atom stereocenters. The summed E-state index contributed by atoms with van der Waals surface area (Å²) in [4.78, 5) is 17.2. The minimum absolute atomic E-state index is 0.0204. The molecule has 1 aromatic heterocycles. The Balaban J connectivity index is 1.94. The van der Waals surface area contributed by atoms with Crippen LogP contribution in [0.25, 0.3) is 0 Å². The highest BCUT2D eigenvalue weighted by Crippen LogP contribution is 2.29. The fraction of sp³-hybridized carbons (Fsp3) is 0.636. The van der Waals surface area contributed by atoms with E-state index in [9.17, 15) is 4.79 Å². The van der Waals surface area contributed by atoms with Gasteiger partial charge in [-0.1, -0.05) is 0 Å². The van der Waals surface area contributed by atoms with E-state index in [0.717, 1.165) is 18.0 Å². The van der Waals surface area contributed by atoms with Gasteiger partial charge in [-0.15, -0.1) is 11.3 Å². The van der Waals surface area contributed by atoms with Crippen molar-refractivity contribution in [3.05, 3.63) is 10.6 Å². The molecule has 1 heterocycles. The number of hydrogen-bond donors (Lipinski definition) is 1. The molecule has 0 saturated heterocycles. The topological polar surface area (TPSA) is 51.2 Å². The first kappa shape index (κ1) is 11.5. The predicted octanol–water partition coefficient (Wildman–Crippen LogP) is 2.00. The van der Waals surface area contributed by atoms with Crippen molar-refractivity contribution < 1.29 is 9.53 Å². The molecule has 0 bridgehead atoms. The van der Waals surface area contributed by atoms with Gasteiger partial charge in [0, 0.05) is 12.0 Å². The quantitative estimate of drug-likeness (QED) is 0.875. The van der Waals surface area contributed by atoms with Crippen molar-refractivity contribution in [2.24, 2.45) is 0 Å². The van der Waals surface area contributed by atoms with Gasteiger partial charge >= 0.3 is 0 Å². The van der Waals surface area contributed by atoms with E-state index >= 15 is 0 Å². The maximum atomic E-state index is 11.5. The Hall–Kier alpha value is -0.940. The highest BCUT2D eigenvalue weighted by Gasteiger charge is 2.15. The fourth-order valence-corrected chi connectivity index (χ4v) is 2.85. The second-order valence-electron chi connectivity index (χ2n) is 3.89. The first-order valence-electron chi connectivity index (χ1n) is 5.57. The van der Waals surface area contributed by atoms with Crippen molar-refractivity contribution in [3.63, 3.8) is 0 Å². The Kier molecular flexibility index (Phi) is 3.90. The Morgan fingerprint density at radius 3 is 3.06 bits per heavy atom. The van der Waals surface area contributed by atoms with Crippen molar-refractivity contribution in [1.82, 2.24) is 4.98 Å². The maximum absolute atomic E-state index is 11.5. The van der Waals surface area contributed by atoms with Crippen molar-refractivity contribution in [2.45, 2.75) is 32.1 Å². The number of aromatic nitrogens is 1. The van der Waals surface area contributed by atoms with E-state index in [0.29, 0.717) is 13.0 Å². The summed E-state index contributed by atoms with van der Waals surface area (Å²) in [5, 5.41) is 3.57. The first-order chi connectivity index (χ1) is 7.79. The molecule has 0 spiro atoms. The minimum Gasteiger partial charge on any atom is -0.384 e. The van der Waals surface area contributed by atoms with E-state index in [2.05, 4.69) is 10.3 Å². The number of carbonyl (C=O) groups excluding carboxylic acids is 1. The smallest absolute Gasteiger partial charge is 0.228 e. The molecule has 0 atom stereocenters. The molecule has 88 valence electrons. The van der Waals surface area contributed by atoms with Crippen LogP contribution in [0.4, 0.5) is 5.13 Å². The third-order valence-electron chi connectivity index (χ3n) is 2.63. The summed E-state index contributed by atoms with van der Waals surface area (Å²) >= 11 is 1.61. The van der Waals surface area contributed by atoms with E-state index < -0.39 is 0 Å². The van der Waals surface area contributed by atoms with Crippen LogP contribution in [0.3, 0.4) is 0 Å². The van der Waals surface area contributed by atoms with Gasteiger partial charge in [0.2, 0.25) is 5.91 Å². The molecule has 1 aliphatic rings. The van der Waals surface area contributed by atoms with Gasteiger partial charge < -0.3 is 10.1 Å². The number of fused-ring (bicyclic) bond motifs is 1. The summed E-state index contributed by atoms with van der Waals surface area (Å²) < 4.78 is 4.85. The predicted molar refractivity (Wildman–Crippen MR) is 63.9 cm³/mol. The van der Waals surface area contributed by atoms with Gasteiger partial charge in [-0.05, 0) is 25.7 Å². The zero-order chi connectivity index (χ0) is 11.4. The number of hydrogen-bond acceptors (Lipinski definition) is 4. The Bertz CT molecular complexity index is 353. The molecule has 0 fully saturated rings. The van der Waals surface area contributed by atoms with Gasteiger partial charge in [-0.25, -0.2) is 4.98 Å². The number of methoxy groups -OCH3 is 1. The molecule has 2 rings (SSSR count). The lowest BCUT2D eigenvalue weighted by Gasteiger charge is -2.06. The van der Waals surface area contributed by atoms with Crippen molar-refractivity contribution >= 4 is 22.4 Å². The third-order valence-corrected chi connectivity index (χ3v) is 3.70. The van der Waals surface area contributed by atoms with E-state index in [1.54, 1.807) is 18.4 Å². The number of thiazole rings is 1. The van der Waals surface area contributed by atoms with Gasteiger partial charge in [-0.2, -0.15) is 0 Å². The first-order valence-corrected chi connectivity index (χ1v) is 6.38. The van der Waals surface area contributed by atoms with Gasteiger partial charge in [-0.3, -0.25) is 4.79 Å². The van der Waals surface area contributed by atoms with Gasteiger partial charge in [0.25, 0.3) is 0 Å². The summed E-state index contributed by atoms with van der Waals surface area (Å²) in [5.41, 5.74) is 1.18. The molecule has 0 aliphatic heterocycles. The van der Waals surface area contributed by atoms with E-state index in [1.165, 1.54) is 23.4 Å². The van der Waals surface area contributed by atoms with E-state index in [1.807, 2.05) is 0 Å². The molecule has 1 N–H and O–H groups in total. The summed E-state index contributed by atoms with van der Waals surface area (Å²) in [6, 6.07) is 0. The van der Waals surface area contributed by atoms with Crippen molar-refractivity contribution in [1.29, 1.82) is 0 Å². The fourth-order valence-electron chi connectivity index (χ4n) is 1.78. The van der Waals surface area contributed by atoms with Gasteiger partial charge in [0.15, 0.2) is 5.13 Å². The molecule has 16 heavy (non-hydrogen) atoms. The summed E-state index contributed by atoms with van der Waals surface area (Å²) in [7, 11) is 1.59. The number of rotatable bonds is 4. The zero-order valence-corrected chi connectivity index (χ0v) is 10.2. The van der Waals surface area contributed by atoms with Crippen LogP contribution in [0.5, 0.6) is 0 Å². The highest BCUT2D eigenvalue weighted by molar-refractivity contribution is 7.15. The van der Waals surface area contributed by atoms with Crippen molar-refractivity contribution in [2.75, 3.05) is 19.0 Å². The van der Waals surface area contributed by atoms with Crippen LogP contribution in [0.15, 0.2) is 0 Å². The molecular formula is C11H16N2O2S. The molecule has 4 nitrogen and oxygen atoms in total. The number of nitrogens with zero attached hydrogens (tertiary/aromatic N) is 1. The number of aryl methyl sites for hydroxylation is 2. The second kappa shape index (κ2) is 5.41. The standard InChI is InChI=1S/C11H16N2O2S/c1-15-7-6-10(14)13-11-12-8-4-2-3-5-9(8)16-11/h2-7H2,1H3,(H,12,13,14). The van der Waals surface area contributed by atoms with E-state index in [4.69, 9.17) is 4.74 Å². The molecule has 0 saturated carbocycles. The number of ether oxygens (including phenoxy) is 1.